The molecule has 0 saturated carbocycles. The Labute approximate surface area is 48.2 Å². The molecule has 0 aliphatic heterocycles. The molecule has 2 heteroatoms. The first-order chi connectivity index (χ1) is 2.56. The quantitative estimate of drug-likeness (QED) is 0.475. The zero-order chi connectivity index (χ0) is 5.21. The normalized spacial score (nSPS) is 12.0. The molecule has 1 unspecified atom stereocenters. The number of nitrogens with one attached hydrogen (secondary N) is 1. The maximum absolute atomic E-state index is 3.17. The van der Waals surface area contributed by atoms with E-state index < -0.39 is 0 Å². The summed E-state index contributed by atoms with van der Waals surface area (Å²) in [5.74, 6) is 0. The number of rotatable bonds is 0. The van der Waals surface area contributed by atoms with Crippen LogP contribution in [-0.2, 0) is 0 Å². The molecule has 0 aromatic heterocycles. The molecule has 6 heavy (non-hydrogen) atoms. The fourth-order valence-electron chi connectivity index (χ4n) is 0. The first-order valence-corrected chi connectivity index (χ1v) is 3.25. The molecule has 0 rings (SSSR count). The van der Waals surface area contributed by atoms with Crippen LogP contribution < -0.4 is 4.23 Å². The molecular weight excluding hydrogens is 137 g/mol. The summed E-state index contributed by atoms with van der Waals surface area (Å²) in [5.41, 5.74) is 0.319. The standard InChI is InChI=1S/C4H12AsN/c1-4(2,3)6-5/h6H,5H2,1-3H3. The number of hydrogen-bond acceptors (Lipinski definition) is 1. The second kappa shape index (κ2) is 1.99. The Balaban J connectivity index is 3.17. The Hall–Kier alpha value is 0.518. The van der Waals surface area contributed by atoms with Crippen molar-refractivity contribution >= 4 is 17.1 Å². The van der Waals surface area contributed by atoms with Crippen LogP contribution in [0, 0.1) is 0 Å². The molecule has 0 radical (unpaired) electrons. The van der Waals surface area contributed by atoms with E-state index in [2.05, 4.69) is 25.0 Å². The molecule has 1 N–H and O–H groups in total. The molecule has 0 aliphatic rings. The van der Waals surface area contributed by atoms with Crippen LogP contribution in [0.2, 0.25) is 0 Å². The van der Waals surface area contributed by atoms with Gasteiger partial charge in [-0.2, -0.15) is 0 Å². The van der Waals surface area contributed by atoms with Crippen molar-refractivity contribution in [2.45, 2.75) is 26.3 Å². The van der Waals surface area contributed by atoms with Gasteiger partial charge >= 0.3 is 47.6 Å². The summed E-state index contributed by atoms with van der Waals surface area (Å²) in [4.78, 5) is 0. The second-order valence-electron chi connectivity index (χ2n) is 2.39. The van der Waals surface area contributed by atoms with Crippen molar-refractivity contribution in [1.29, 1.82) is 0 Å². The fraction of sp³-hybridized carbons (Fsp3) is 1.00. The summed E-state index contributed by atoms with van der Waals surface area (Å²) in [6, 6.07) is 0. The van der Waals surface area contributed by atoms with Gasteiger partial charge in [0, 0.05) is 0 Å². The molecule has 0 spiro atoms. The molecule has 38 valence electrons. The second-order valence-corrected chi connectivity index (χ2v) is 3.00. The van der Waals surface area contributed by atoms with Crippen LogP contribution >= 0.6 is 0 Å². The average Bonchev–Trinajstić information content (AvgIpc) is 1.35. The minimum atomic E-state index is 0.319. The molecule has 0 fully saturated rings. The summed E-state index contributed by atoms with van der Waals surface area (Å²) >= 11 is 1.57. The van der Waals surface area contributed by atoms with Gasteiger partial charge in [0.25, 0.3) is 0 Å². The summed E-state index contributed by atoms with van der Waals surface area (Å²) < 4.78 is 3.17. The third-order valence-electron chi connectivity index (χ3n) is 0.433. The van der Waals surface area contributed by atoms with E-state index in [4.69, 9.17) is 0 Å². The van der Waals surface area contributed by atoms with Crippen molar-refractivity contribution < 1.29 is 0 Å². The van der Waals surface area contributed by atoms with E-state index >= 15 is 0 Å². The molecule has 0 aliphatic carbocycles. The summed E-state index contributed by atoms with van der Waals surface area (Å²) in [6.45, 7) is 6.44. The summed E-state index contributed by atoms with van der Waals surface area (Å²) in [7, 11) is 0. The van der Waals surface area contributed by atoms with Crippen LogP contribution in [0.5, 0.6) is 0 Å². The van der Waals surface area contributed by atoms with E-state index in [1.54, 1.807) is 17.1 Å². The van der Waals surface area contributed by atoms with Gasteiger partial charge in [0.15, 0.2) is 0 Å². The van der Waals surface area contributed by atoms with E-state index in [1.165, 1.54) is 0 Å². The topological polar surface area (TPSA) is 12.0 Å². The molecule has 1 nitrogen and oxygen atoms in total. The van der Waals surface area contributed by atoms with Crippen molar-refractivity contribution in [1.82, 2.24) is 4.23 Å². The predicted octanol–water partition coefficient (Wildman–Crippen LogP) is -0.0774. The molecule has 0 aromatic rings. The van der Waals surface area contributed by atoms with Crippen molar-refractivity contribution in [3.63, 3.8) is 0 Å². The van der Waals surface area contributed by atoms with Gasteiger partial charge in [-0.05, 0) is 0 Å². The van der Waals surface area contributed by atoms with E-state index in [-0.39, 0.29) is 0 Å². The maximum atomic E-state index is 3.17. The van der Waals surface area contributed by atoms with Crippen molar-refractivity contribution in [2.75, 3.05) is 0 Å². The molecule has 0 amide bonds. The molecule has 0 heterocycles. The van der Waals surface area contributed by atoms with Crippen LogP contribution in [0.4, 0.5) is 0 Å². The van der Waals surface area contributed by atoms with Crippen LogP contribution in [0.1, 0.15) is 20.8 Å². The molecular formula is C4H12AsN. The van der Waals surface area contributed by atoms with Crippen LogP contribution in [0.3, 0.4) is 0 Å². The third kappa shape index (κ3) is 4.52. The van der Waals surface area contributed by atoms with Gasteiger partial charge in [0.2, 0.25) is 0 Å². The molecule has 0 bridgehead atoms. The van der Waals surface area contributed by atoms with Gasteiger partial charge in [0.1, 0.15) is 0 Å². The Kier molecular flexibility index (Phi) is 2.17. The number of hydrogen-bond donors (Lipinski definition) is 1. The van der Waals surface area contributed by atoms with Gasteiger partial charge in [-0.25, -0.2) is 0 Å². The predicted molar refractivity (Wildman–Crippen MR) is 31.4 cm³/mol. The first-order valence-electron chi connectivity index (χ1n) is 2.04. The minimum absolute atomic E-state index is 0.319. The van der Waals surface area contributed by atoms with Crippen LogP contribution in [0.15, 0.2) is 0 Å². The van der Waals surface area contributed by atoms with Gasteiger partial charge in [0.05, 0.1) is 0 Å². The fourth-order valence-corrected chi connectivity index (χ4v) is 0. The Morgan fingerprint density at radius 3 is 1.50 bits per heavy atom. The van der Waals surface area contributed by atoms with Gasteiger partial charge in [-0.15, -0.1) is 0 Å². The Morgan fingerprint density at radius 1 is 1.33 bits per heavy atom. The Morgan fingerprint density at radius 2 is 1.50 bits per heavy atom. The van der Waals surface area contributed by atoms with Crippen molar-refractivity contribution in [3.8, 4) is 0 Å². The monoisotopic (exact) mass is 149 g/mol. The average molecular weight is 149 g/mol. The molecule has 1 atom stereocenters. The van der Waals surface area contributed by atoms with Gasteiger partial charge in [-0.1, -0.05) is 0 Å². The third-order valence-corrected chi connectivity index (χ3v) is 2.25. The first kappa shape index (κ1) is 6.52. The van der Waals surface area contributed by atoms with Crippen LogP contribution in [-0.4, -0.2) is 22.6 Å². The van der Waals surface area contributed by atoms with E-state index in [0.29, 0.717) is 5.54 Å². The van der Waals surface area contributed by atoms with Crippen LogP contribution in [0.25, 0.3) is 0 Å². The SMILES string of the molecule is CC(C)(C)N[AsH2]. The van der Waals surface area contributed by atoms with Gasteiger partial charge in [-0.3, -0.25) is 0 Å². The van der Waals surface area contributed by atoms with E-state index in [0.717, 1.165) is 0 Å². The molecule has 0 saturated heterocycles. The summed E-state index contributed by atoms with van der Waals surface area (Å²) in [5, 5.41) is 0. The Bertz CT molecular complexity index is 37.3. The zero-order valence-corrected chi connectivity index (χ0v) is 7.00. The van der Waals surface area contributed by atoms with E-state index in [9.17, 15) is 0 Å². The van der Waals surface area contributed by atoms with Crippen molar-refractivity contribution in [2.24, 2.45) is 0 Å². The molecule has 0 aromatic carbocycles. The van der Waals surface area contributed by atoms with Crippen molar-refractivity contribution in [3.05, 3.63) is 0 Å². The van der Waals surface area contributed by atoms with E-state index in [1.807, 2.05) is 0 Å². The summed E-state index contributed by atoms with van der Waals surface area (Å²) in [6.07, 6.45) is 0. The zero-order valence-electron chi connectivity index (χ0n) is 4.58. The van der Waals surface area contributed by atoms with Gasteiger partial charge < -0.3 is 0 Å².